The van der Waals surface area contributed by atoms with Crippen molar-refractivity contribution in [2.75, 3.05) is 0 Å². The van der Waals surface area contributed by atoms with Gasteiger partial charge in [-0.3, -0.25) is 4.98 Å². The minimum atomic E-state index is -4.46. The second-order valence-corrected chi connectivity index (χ2v) is 7.14. The van der Waals surface area contributed by atoms with E-state index in [0.717, 1.165) is 6.07 Å². The summed E-state index contributed by atoms with van der Waals surface area (Å²) in [5, 5.41) is 7.82. The van der Waals surface area contributed by atoms with Gasteiger partial charge in [-0.2, -0.15) is 13.2 Å². The minimum Gasteiger partial charge on any atom is -0.489 e. The van der Waals surface area contributed by atoms with Crippen LogP contribution in [0.25, 0.3) is 11.6 Å². The van der Waals surface area contributed by atoms with E-state index in [-0.39, 0.29) is 41.5 Å². The topological polar surface area (TPSA) is 73.9 Å². The van der Waals surface area contributed by atoms with Crippen molar-refractivity contribution in [2.45, 2.75) is 52.3 Å². The highest BCUT2D eigenvalue weighted by molar-refractivity contribution is 5.47. The monoisotopic (exact) mass is 406 g/mol. The van der Waals surface area contributed by atoms with Crippen LogP contribution in [0.2, 0.25) is 0 Å². The number of alkyl halides is 3. The fourth-order valence-corrected chi connectivity index (χ4v) is 2.74. The molecule has 0 atom stereocenters. The molecule has 3 aromatic heterocycles. The van der Waals surface area contributed by atoms with Gasteiger partial charge in [-0.05, 0) is 43.5 Å². The second kappa shape index (κ2) is 8.18. The van der Waals surface area contributed by atoms with Gasteiger partial charge >= 0.3 is 6.18 Å². The molecule has 0 aliphatic heterocycles. The third-order valence-electron chi connectivity index (χ3n) is 4.05. The summed E-state index contributed by atoms with van der Waals surface area (Å²) in [7, 11) is 0. The Hall–Kier alpha value is -2.97. The number of hydrogen-bond donors (Lipinski definition) is 0. The zero-order valence-electron chi connectivity index (χ0n) is 16.5. The lowest BCUT2D eigenvalue weighted by Crippen LogP contribution is -2.12. The van der Waals surface area contributed by atoms with E-state index in [9.17, 15) is 13.2 Å². The molecule has 0 amide bonds. The van der Waals surface area contributed by atoms with E-state index in [2.05, 4.69) is 20.2 Å². The smallest absolute Gasteiger partial charge is 0.416 e. The van der Waals surface area contributed by atoms with Crippen molar-refractivity contribution >= 4 is 0 Å². The van der Waals surface area contributed by atoms with Crippen LogP contribution in [0, 0.1) is 0 Å². The summed E-state index contributed by atoms with van der Waals surface area (Å²) >= 11 is 0. The van der Waals surface area contributed by atoms with Gasteiger partial charge in [-0.1, -0.05) is 13.8 Å². The van der Waals surface area contributed by atoms with Gasteiger partial charge in [-0.15, -0.1) is 10.2 Å². The van der Waals surface area contributed by atoms with Gasteiger partial charge in [0.1, 0.15) is 11.4 Å². The Morgan fingerprint density at radius 3 is 2.38 bits per heavy atom. The van der Waals surface area contributed by atoms with Gasteiger partial charge in [-0.25, -0.2) is 4.98 Å². The first-order valence-corrected chi connectivity index (χ1v) is 9.15. The second-order valence-electron chi connectivity index (χ2n) is 7.14. The lowest BCUT2D eigenvalue weighted by atomic mass is 9.98. The molecule has 0 aliphatic carbocycles. The number of halogens is 3. The number of ether oxygens (including phenoxy) is 1. The molecular weight excluding hydrogens is 385 g/mol. The Labute approximate surface area is 166 Å². The van der Waals surface area contributed by atoms with Crippen molar-refractivity contribution in [3.8, 4) is 17.3 Å². The highest BCUT2D eigenvalue weighted by Gasteiger charge is 2.34. The van der Waals surface area contributed by atoms with Crippen LogP contribution >= 0.6 is 0 Å². The SMILES string of the molecule is CC(C)Oc1ccc(-c2nnc(Cc3cc(C(F)(F)F)c(C(C)C)cn3)o2)nc1. The zero-order chi connectivity index (χ0) is 21.2. The summed E-state index contributed by atoms with van der Waals surface area (Å²) in [6.45, 7) is 7.20. The first-order chi connectivity index (χ1) is 13.6. The highest BCUT2D eigenvalue weighted by Crippen LogP contribution is 2.35. The molecule has 6 nitrogen and oxygen atoms in total. The van der Waals surface area contributed by atoms with E-state index in [1.807, 2.05) is 13.8 Å². The average Bonchev–Trinajstić information content (AvgIpc) is 3.09. The van der Waals surface area contributed by atoms with Crippen molar-refractivity contribution in [1.82, 2.24) is 20.2 Å². The summed E-state index contributed by atoms with van der Waals surface area (Å²) in [6, 6.07) is 4.44. The van der Waals surface area contributed by atoms with Crippen LogP contribution in [0.5, 0.6) is 5.75 Å². The molecule has 3 heterocycles. The molecule has 0 radical (unpaired) electrons. The average molecular weight is 406 g/mol. The third kappa shape index (κ3) is 5.10. The van der Waals surface area contributed by atoms with Crippen LogP contribution in [0.15, 0.2) is 35.0 Å². The van der Waals surface area contributed by atoms with Gasteiger partial charge in [0.05, 0.1) is 30.0 Å². The lowest BCUT2D eigenvalue weighted by molar-refractivity contribution is -0.138. The number of rotatable bonds is 6. The highest BCUT2D eigenvalue weighted by atomic mass is 19.4. The van der Waals surface area contributed by atoms with Gasteiger partial charge in [0.15, 0.2) is 0 Å². The largest absolute Gasteiger partial charge is 0.489 e. The van der Waals surface area contributed by atoms with Crippen molar-refractivity contribution in [3.05, 3.63) is 53.3 Å². The van der Waals surface area contributed by atoms with Crippen LogP contribution in [-0.4, -0.2) is 26.3 Å². The zero-order valence-corrected chi connectivity index (χ0v) is 16.5. The lowest BCUT2D eigenvalue weighted by Gasteiger charge is -2.15. The van der Waals surface area contributed by atoms with E-state index in [0.29, 0.717) is 11.4 Å². The molecule has 0 unspecified atom stereocenters. The molecule has 154 valence electrons. The molecule has 0 saturated carbocycles. The Kier molecular flexibility index (Phi) is 5.86. The molecule has 0 aromatic carbocycles. The first-order valence-electron chi connectivity index (χ1n) is 9.15. The van der Waals surface area contributed by atoms with Gasteiger partial charge in [0.25, 0.3) is 5.89 Å². The number of nitrogens with zero attached hydrogens (tertiary/aromatic N) is 4. The van der Waals surface area contributed by atoms with Crippen molar-refractivity contribution < 1.29 is 22.3 Å². The molecule has 0 aliphatic rings. The normalized spacial score (nSPS) is 12.0. The van der Waals surface area contributed by atoms with E-state index in [1.54, 1.807) is 32.2 Å². The fraction of sp³-hybridized carbons (Fsp3) is 0.400. The molecule has 0 fully saturated rings. The summed E-state index contributed by atoms with van der Waals surface area (Å²) in [4.78, 5) is 8.34. The maximum atomic E-state index is 13.4. The maximum absolute atomic E-state index is 13.4. The maximum Gasteiger partial charge on any atom is 0.416 e. The molecule has 0 N–H and O–H groups in total. The third-order valence-corrected chi connectivity index (χ3v) is 4.05. The number of hydrogen-bond acceptors (Lipinski definition) is 6. The number of aromatic nitrogens is 4. The molecule has 3 rings (SSSR count). The summed E-state index contributed by atoms with van der Waals surface area (Å²) < 4.78 is 51.2. The summed E-state index contributed by atoms with van der Waals surface area (Å²) in [5.41, 5.74) is 0.101. The van der Waals surface area contributed by atoms with Crippen LogP contribution < -0.4 is 4.74 Å². The molecule has 29 heavy (non-hydrogen) atoms. The fourth-order valence-electron chi connectivity index (χ4n) is 2.74. The molecule has 0 spiro atoms. The van der Waals surface area contributed by atoms with Gasteiger partial charge < -0.3 is 9.15 Å². The van der Waals surface area contributed by atoms with E-state index < -0.39 is 11.7 Å². The first kappa shape index (κ1) is 20.8. The standard InChI is InChI=1S/C20H21F3N4O2/c1-11(2)15-10-24-13(7-16(15)20(21,22)23)8-18-26-27-19(29-18)17-6-5-14(9-25-17)28-12(3)4/h5-7,9-12H,8H2,1-4H3. The van der Waals surface area contributed by atoms with Gasteiger partial charge in [0, 0.05) is 6.20 Å². The Bertz CT molecular complexity index is 967. The molecule has 0 saturated heterocycles. The van der Waals surface area contributed by atoms with E-state index in [4.69, 9.17) is 9.15 Å². The molecule has 9 heteroatoms. The Morgan fingerprint density at radius 2 is 1.79 bits per heavy atom. The van der Waals surface area contributed by atoms with Crippen LogP contribution in [-0.2, 0) is 12.6 Å². The number of pyridine rings is 2. The van der Waals surface area contributed by atoms with E-state index in [1.165, 1.54) is 6.20 Å². The quantitative estimate of drug-likeness (QED) is 0.571. The Balaban J connectivity index is 1.80. The van der Waals surface area contributed by atoms with Gasteiger partial charge in [0.2, 0.25) is 5.89 Å². The molecular formula is C20H21F3N4O2. The van der Waals surface area contributed by atoms with Crippen molar-refractivity contribution in [2.24, 2.45) is 0 Å². The predicted molar refractivity (Wildman–Crippen MR) is 99.4 cm³/mol. The van der Waals surface area contributed by atoms with Crippen molar-refractivity contribution in [3.63, 3.8) is 0 Å². The molecule has 3 aromatic rings. The Morgan fingerprint density at radius 1 is 1.03 bits per heavy atom. The van der Waals surface area contributed by atoms with Crippen LogP contribution in [0.1, 0.15) is 56.3 Å². The summed E-state index contributed by atoms with van der Waals surface area (Å²) in [6.07, 6.45) is -1.64. The van der Waals surface area contributed by atoms with Crippen LogP contribution in [0.4, 0.5) is 13.2 Å². The minimum absolute atomic E-state index is 0.0109. The molecule has 0 bridgehead atoms. The summed E-state index contributed by atoms with van der Waals surface area (Å²) in [5.74, 6) is 0.641. The van der Waals surface area contributed by atoms with Crippen molar-refractivity contribution in [1.29, 1.82) is 0 Å². The van der Waals surface area contributed by atoms with Crippen LogP contribution in [0.3, 0.4) is 0 Å². The van der Waals surface area contributed by atoms with E-state index >= 15 is 0 Å². The predicted octanol–water partition coefficient (Wildman–Crippen LogP) is 5.05.